The highest BCUT2D eigenvalue weighted by Crippen LogP contribution is 2.18. The Balaban J connectivity index is 1.91. The Labute approximate surface area is 116 Å². The number of amides is 1. The van der Waals surface area contributed by atoms with Gasteiger partial charge in [0.25, 0.3) is 0 Å². The summed E-state index contributed by atoms with van der Waals surface area (Å²) in [6.45, 7) is 3.14. The molecule has 0 radical (unpaired) electrons. The fraction of sp³-hybridized carbons (Fsp3) is 0.500. The molecule has 2 rings (SSSR count). The fourth-order valence-corrected chi connectivity index (χ4v) is 2.24. The maximum Gasteiger partial charge on any atom is 0.238 e. The minimum Gasteiger partial charge on any atom is -0.392 e. The third kappa shape index (κ3) is 3.74. The Morgan fingerprint density at radius 3 is 2.95 bits per heavy atom. The van der Waals surface area contributed by atoms with E-state index >= 15 is 0 Å². The summed E-state index contributed by atoms with van der Waals surface area (Å²) < 4.78 is 26.4. The Morgan fingerprint density at radius 1 is 1.50 bits per heavy atom. The average molecular weight is 284 g/mol. The van der Waals surface area contributed by atoms with E-state index in [1.807, 2.05) is 6.92 Å². The van der Waals surface area contributed by atoms with Crippen LogP contribution < -0.4 is 5.32 Å². The maximum absolute atomic E-state index is 13.4. The van der Waals surface area contributed by atoms with E-state index in [2.05, 4.69) is 5.32 Å². The van der Waals surface area contributed by atoms with E-state index in [1.54, 1.807) is 4.90 Å². The number of piperidine rings is 1. The molecule has 1 saturated heterocycles. The minimum absolute atomic E-state index is 0.0553. The number of carbonyl (C=O) groups is 1. The molecular weight excluding hydrogens is 266 g/mol. The number of carbonyl (C=O) groups excluding carboxylic acids is 1. The molecule has 1 aromatic rings. The summed E-state index contributed by atoms with van der Waals surface area (Å²) in [7, 11) is 0. The SMILES string of the molecule is CC1CCN(CC(=O)Nc2cc(F)ccc2F)CC1O. The topological polar surface area (TPSA) is 52.6 Å². The first-order valence-electron chi connectivity index (χ1n) is 6.61. The maximum atomic E-state index is 13.4. The molecule has 0 saturated carbocycles. The molecule has 2 atom stereocenters. The number of aliphatic hydroxyl groups is 1. The number of β-amino-alcohol motifs (C(OH)–C–C–N with tert-alkyl or cyclic N) is 1. The number of anilines is 1. The molecule has 1 aliphatic heterocycles. The lowest BCUT2D eigenvalue weighted by atomic mass is 9.96. The van der Waals surface area contributed by atoms with E-state index in [1.165, 1.54) is 0 Å². The molecule has 0 spiro atoms. The van der Waals surface area contributed by atoms with Gasteiger partial charge in [0.15, 0.2) is 0 Å². The first-order valence-corrected chi connectivity index (χ1v) is 6.61. The third-order valence-electron chi connectivity index (χ3n) is 3.57. The standard InChI is InChI=1S/C14H18F2N2O2/c1-9-4-5-18(7-13(9)19)8-14(20)17-12-6-10(15)2-3-11(12)16/h2-3,6,9,13,19H,4-5,7-8H2,1H3,(H,17,20). The van der Waals surface area contributed by atoms with E-state index in [9.17, 15) is 18.7 Å². The monoisotopic (exact) mass is 284 g/mol. The highest BCUT2D eigenvalue weighted by molar-refractivity contribution is 5.92. The van der Waals surface area contributed by atoms with Crippen LogP contribution in [0.3, 0.4) is 0 Å². The summed E-state index contributed by atoms with van der Waals surface area (Å²) >= 11 is 0. The molecule has 0 aliphatic carbocycles. The van der Waals surface area contributed by atoms with Gasteiger partial charge in [0.05, 0.1) is 18.3 Å². The van der Waals surface area contributed by atoms with Gasteiger partial charge < -0.3 is 10.4 Å². The first kappa shape index (κ1) is 14.9. The van der Waals surface area contributed by atoms with Crippen LogP contribution in [-0.4, -0.2) is 41.7 Å². The summed E-state index contributed by atoms with van der Waals surface area (Å²) in [5.74, 6) is -1.48. The van der Waals surface area contributed by atoms with Crippen molar-refractivity contribution in [3.8, 4) is 0 Å². The average Bonchev–Trinajstić information content (AvgIpc) is 2.38. The highest BCUT2D eigenvalue weighted by Gasteiger charge is 2.25. The van der Waals surface area contributed by atoms with E-state index in [0.29, 0.717) is 13.1 Å². The van der Waals surface area contributed by atoms with Crippen LogP contribution in [0.1, 0.15) is 13.3 Å². The Bertz CT molecular complexity index is 496. The zero-order chi connectivity index (χ0) is 14.7. The van der Waals surface area contributed by atoms with Gasteiger partial charge in [0, 0.05) is 12.6 Å². The first-order chi connectivity index (χ1) is 9.45. The van der Waals surface area contributed by atoms with Gasteiger partial charge in [0.2, 0.25) is 5.91 Å². The van der Waals surface area contributed by atoms with Crippen molar-refractivity contribution < 1.29 is 18.7 Å². The second kappa shape index (κ2) is 6.28. The smallest absolute Gasteiger partial charge is 0.238 e. The molecule has 0 bridgehead atoms. The highest BCUT2D eigenvalue weighted by atomic mass is 19.1. The number of hydrogen-bond acceptors (Lipinski definition) is 3. The van der Waals surface area contributed by atoms with Crippen LogP contribution in [0.5, 0.6) is 0 Å². The van der Waals surface area contributed by atoms with Crippen LogP contribution in [0.15, 0.2) is 18.2 Å². The second-order valence-electron chi connectivity index (χ2n) is 5.24. The summed E-state index contributed by atoms with van der Waals surface area (Å²) in [5, 5.41) is 12.1. The Hall–Kier alpha value is -1.53. The van der Waals surface area contributed by atoms with Crippen molar-refractivity contribution in [1.29, 1.82) is 0 Å². The molecule has 1 aromatic carbocycles. The van der Waals surface area contributed by atoms with Gasteiger partial charge in [-0.1, -0.05) is 6.92 Å². The van der Waals surface area contributed by atoms with Gasteiger partial charge in [-0.3, -0.25) is 9.69 Å². The van der Waals surface area contributed by atoms with E-state index in [-0.39, 0.29) is 18.2 Å². The lowest BCUT2D eigenvalue weighted by Gasteiger charge is -2.33. The number of halogens is 2. The summed E-state index contributed by atoms with van der Waals surface area (Å²) in [5.41, 5.74) is -0.166. The van der Waals surface area contributed by atoms with Gasteiger partial charge in [0.1, 0.15) is 11.6 Å². The summed E-state index contributed by atoms with van der Waals surface area (Å²) in [6, 6.07) is 2.91. The largest absolute Gasteiger partial charge is 0.392 e. The van der Waals surface area contributed by atoms with Crippen molar-refractivity contribution in [2.75, 3.05) is 25.0 Å². The quantitative estimate of drug-likeness (QED) is 0.886. The zero-order valence-electron chi connectivity index (χ0n) is 11.3. The molecule has 4 nitrogen and oxygen atoms in total. The van der Waals surface area contributed by atoms with Crippen molar-refractivity contribution >= 4 is 11.6 Å². The molecule has 20 heavy (non-hydrogen) atoms. The van der Waals surface area contributed by atoms with Crippen molar-refractivity contribution in [2.24, 2.45) is 5.92 Å². The van der Waals surface area contributed by atoms with Gasteiger partial charge in [-0.2, -0.15) is 0 Å². The van der Waals surface area contributed by atoms with Gasteiger partial charge in [-0.05, 0) is 31.0 Å². The molecule has 1 fully saturated rings. The van der Waals surface area contributed by atoms with Gasteiger partial charge >= 0.3 is 0 Å². The molecule has 0 aromatic heterocycles. The third-order valence-corrected chi connectivity index (χ3v) is 3.57. The molecule has 1 heterocycles. The van der Waals surface area contributed by atoms with Crippen molar-refractivity contribution in [2.45, 2.75) is 19.4 Å². The number of aliphatic hydroxyl groups excluding tert-OH is 1. The number of nitrogens with one attached hydrogen (secondary N) is 1. The normalized spacial score (nSPS) is 23.6. The molecule has 1 amide bonds. The number of rotatable bonds is 3. The number of hydrogen-bond donors (Lipinski definition) is 2. The van der Waals surface area contributed by atoms with Gasteiger partial charge in [-0.25, -0.2) is 8.78 Å². The second-order valence-corrected chi connectivity index (χ2v) is 5.24. The van der Waals surface area contributed by atoms with Crippen LogP contribution in [0, 0.1) is 17.6 Å². The fourth-order valence-electron chi connectivity index (χ4n) is 2.24. The number of nitrogens with zero attached hydrogens (tertiary/aromatic N) is 1. The number of likely N-dealkylation sites (tertiary alicyclic amines) is 1. The lowest BCUT2D eigenvalue weighted by Crippen LogP contribution is -2.45. The molecule has 2 N–H and O–H groups in total. The molecule has 110 valence electrons. The van der Waals surface area contributed by atoms with E-state index in [4.69, 9.17) is 0 Å². The van der Waals surface area contributed by atoms with Gasteiger partial charge in [-0.15, -0.1) is 0 Å². The van der Waals surface area contributed by atoms with Crippen LogP contribution in [-0.2, 0) is 4.79 Å². The predicted octanol–water partition coefficient (Wildman–Crippen LogP) is 1.61. The van der Waals surface area contributed by atoms with Crippen LogP contribution in [0.2, 0.25) is 0 Å². The summed E-state index contributed by atoms with van der Waals surface area (Å²) in [4.78, 5) is 13.6. The van der Waals surface area contributed by atoms with E-state index in [0.717, 1.165) is 24.6 Å². The number of benzene rings is 1. The predicted molar refractivity (Wildman–Crippen MR) is 71.2 cm³/mol. The van der Waals surface area contributed by atoms with Crippen LogP contribution in [0.4, 0.5) is 14.5 Å². The molecular formula is C14H18F2N2O2. The summed E-state index contributed by atoms with van der Waals surface area (Å²) in [6.07, 6.45) is 0.352. The van der Waals surface area contributed by atoms with Crippen LogP contribution >= 0.6 is 0 Å². The lowest BCUT2D eigenvalue weighted by molar-refractivity contribution is -0.118. The Kier molecular flexibility index (Phi) is 4.67. The molecule has 2 unspecified atom stereocenters. The minimum atomic E-state index is -0.674. The van der Waals surface area contributed by atoms with Crippen molar-refractivity contribution in [3.63, 3.8) is 0 Å². The van der Waals surface area contributed by atoms with Crippen LogP contribution in [0.25, 0.3) is 0 Å². The Morgan fingerprint density at radius 2 is 2.25 bits per heavy atom. The molecule has 1 aliphatic rings. The van der Waals surface area contributed by atoms with Crippen molar-refractivity contribution in [1.82, 2.24) is 4.90 Å². The molecule has 6 heteroatoms. The zero-order valence-corrected chi connectivity index (χ0v) is 11.3. The van der Waals surface area contributed by atoms with Crippen molar-refractivity contribution in [3.05, 3.63) is 29.8 Å². The van der Waals surface area contributed by atoms with E-state index < -0.39 is 23.6 Å².